The topological polar surface area (TPSA) is 113 Å². The fourth-order valence-corrected chi connectivity index (χ4v) is 3.72. The molecule has 0 aliphatic carbocycles. The molecule has 0 fully saturated rings. The Hall–Kier alpha value is -2.01. The first-order valence-electron chi connectivity index (χ1n) is 11.3. The van der Waals surface area contributed by atoms with E-state index in [9.17, 15) is 10.1 Å². The van der Waals surface area contributed by atoms with Crippen molar-refractivity contribution >= 4 is 30.2 Å². The second-order valence-corrected chi connectivity index (χ2v) is 8.24. The molecule has 0 aliphatic rings. The van der Waals surface area contributed by atoms with Gasteiger partial charge in [-0.25, -0.2) is 4.99 Å². The predicted octanol–water partition coefficient (Wildman–Crippen LogP) is 4.15. The number of oxime groups is 1. The number of benzene rings is 1. The van der Waals surface area contributed by atoms with Gasteiger partial charge in [-0.3, -0.25) is 14.8 Å². The zero-order valence-electron chi connectivity index (χ0n) is 19.3. The first-order chi connectivity index (χ1) is 15.6. The SMILES string of the molecule is C=N/C(CNSc1ccccc1[N+](=O)[O-])=N\OCCCCNCCCNC(CC)CCC. The lowest BCUT2D eigenvalue weighted by Crippen LogP contribution is -2.31. The maximum atomic E-state index is 11.0. The molecule has 0 saturated carbocycles. The van der Waals surface area contributed by atoms with Crippen LogP contribution in [0.25, 0.3) is 0 Å². The summed E-state index contributed by atoms with van der Waals surface area (Å²) >= 11 is 1.15. The zero-order chi connectivity index (χ0) is 23.4. The zero-order valence-corrected chi connectivity index (χ0v) is 20.2. The predicted molar refractivity (Wildman–Crippen MR) is 134 cm³/mol. The molecule has 0 aromatic heterocycles. The van der Waals surface area contributed by atoms with Crippen molar-refractivity contribution < 1.29 is 9.76 Å². The van der Waals surface area contributed by atoms with Crippen molar-refractivity contribution in [2.24, 2.45) is 10.1 Å². The van der Waals surface area contributed by atoms with Gasteiger partial charge in [0.2, 0.25) is 0 Å². The number of hydrogen-bond donors (Lipinski definition) is 3. The first kappa shape index (κ1) is 28.0. The van der Waals surface area contributed by atoms with Crippen molar-refractivity contribution in [3.05, 3.63) is 34.4 Å². The highest BCUT2D eigenvalue weighted by Gasteiger charge is 2.12. The second kappa shape index (κ2) is 18.6. The molecule has 0 bridgehead atoms. The number of nitro benzene ring substituents is 1. The Morgan fingerprint density at radius 3 is 2.72 bits per heavy atom. The number of nitro groups is 1. The fraction of sp³-hybridized carbons (Fsp3) is 0.636. The molecular formula is C22H38N6O3S. The van der Waals surface area contributed by atoms with Crippen molar-refractivity contribution in [2.45, 2.75) is 63.3 Å². The highest BCUT2D eigenvalue weighted by Crippen LogP contribution is 2.26. The Balaban J connectivity index is 2.08. The maximum absolute atomic E-state index is 11.0. The van der Waals surface area contributed by atoms with Crippen LogP contribution in [0.1, 0.15) is 52.4 Å². The van der Waals surface area contributed by atoms with Crippen LogP contribution in [0.2, 0.25) is 0 Å². The minimum absolute atomic E-state index is 0.0535. The minimum Gasteiger partial charge on any atom is -0.394 e. The van der Waals surface area contributed by atoms with E-state index in [0.29, 0.717) is 23.4 Å². The van der Waals surface area contributed by atoms with Crippen LogP contribution in [0.5, 0.6) is 0 Å². The summed E-state index contributed by atoms with van der Waals surface area (Å²) in [4.78, 5) is 20.3. The van der Waals surface area contributed by atoms with Gasteiger partial charge in [-0.05, 0) is 76.5 Å². The molecule has 0 heterocycles. The molecule has 0 spiro atoms. The van der Waals surface area contributed by atoms with Gasteiger partial charge in [0.25, 0.3) is 5.69 Å². The van der Waals surface area contributed by atoms with Gasteiger partial charge in [0.15, 0.2) is 5.84 Å². The van der Waals surface area contributed by atoms with E-state index in [1.807, 2.05) is 0 Å². The molecule has 1 aromatic carbocycles. The molecule has 0 aliphatic heterocycles. The lowest BCUT2D eigenvalue weighted by Gasteiger charge is -2.15. The van der Waals surface area contributed by atoms with E-state index in [0.717, 1.165) is 50.8 Å². The molecule has 3 N–H and O–H groups in total. The quantitative estimate of drug-likeness (QED) is 0.0701. The van der Waals surface area contributed by atoms with E-state index < -0.39 is 4.92 Å². The number of unbranched alkanes of at least 4 members (excludes halogenated alkanes) is 1. The second-order valence-electron chi connectivity index (χ2n) is 7.31. The van der Waals surface area contributed by atoms with Crippen molar-refractivity contribution in [1.82, 2.24) is 15.4 Å². The smallest absolute Gasteiger partial charge is 0.284 e. The van der Waals surface area contributed by atoms with Crippen LogP contribution < -0.4 is 15.4 Å². The molecule has 1 atom stereocenters. The summed E-state index contributed by atoms with van der Waals surface area (Å²) in [5, 5.41) is 22.1. The number of aliphatic imine (C=N–C) groups is 1. The summed E-state index contributed by atoms with van der Waals surface area (Å²) in [6.07, 6.45) is 6.71. The molecule has 32 heavy (non-hydrogen) atoms. The normalized spacial score (nSPS) is 12.5. The molecule has 10 heteroatoms. The fourth-order valence-electron chi connectivity index (χ4n) is 2.97. The minimum atomic E-state index is -0.408. The van der Waals surface area contributed by atoms with Gasteiger partial charge in [-0.1, -0.05) is 37.6 Å². The number of para-hydroxylation sites is 1. The molecule has 180 valence electrons. The molecule has 0 saturated heterocycles. The number of nitrogens with zero attached hydrogens (tertiary/aromatic N) is 3. The Bertz CT molecular complexity index is 689. The summed E-state index contributed by atoms with van der Waals surface area (Å²) in [5.41, 5.74) is 0.0535. The van der Waals surface area contributed by atoms with Crippen LogP contribution in [0.3, 0.4) is 0 Å². The van der Waals surface area contributed by atoms with E-state index in [1.165, 1.54) is 25.3 Å². The van der Waals surface area contributed by atoms with Crippen LogP contribution >= 0.6 is 11.9 Å². The molecule has 0 radical (unpaired) electrons. The standard InChI is InChI=1S/C22H38N6O3S/c1-4-11-19(5-2)25-16-10-15-24-14-8-9-17-31-27-22(23-3)18-26-32-21-13-7-6-12-20(21)28(29)30/h6-7,12-13,19,24-26H,3-5,8-11,14-18H2,1-2H3/b27-22-. The van der Waals surface area contributed by atoms with Gasteiger partial charge < -0.3 is 15.5 Å². The maximum Gasteiger partial charge on any atom is 0.284 e. The van der Waals surface area contributed by atoms with Crippen molar-refractivity contribution in [3.8, 4) is 0 Å². The van der Waals surface area contributed by atoms with Crippen LogP contribution in [0, 0.1) is 10.1 Å². The van der Waals surface area contributed by atoms with Crippen LogP contribution in [-0.4, -0.2) is 56.3 Å². The van der Waals surface area contributed by atoms with Crippen molar-refractivity contribution in [2.75, 3.05) is 32.8 Å². The molecule has 9 nitrogen and oxygen atoms in total. The van der Waals surface area contributed by atoms with Gasteiger partial charge >= 0.3 is 0 Å². The van der Waals surface area contributed by atoms with Crippen LogP contribution in [-0.2, 0) is 4.84 Å². The number of nitrogens with one attached hydrogen (secondary N) is 3. The largest absolute Gasteiger partial charge is 0.394 e. The third-order valence-electron chi connectivity index (χ3n) is 4.76. The summed E-state index contributed by atoms with van der Waals surface area (Å²) < 4.78 is 3.00. The van der Waals surface area contributed by atoms with Gasteiger partial charge in [0.1, 0.15) is 11.5 Å². The molecule has 1 aromatic rings. The highest BCUT2D eigenvalue weighted by molar-refractivity contribution is 7.97. The molecule has 1 rings (SSSR count). The summed E-state index contributed by atoms with van der Waals surface area (Å²) in [7, 11) is 0. The van der Waals surface area contributed by atoms with E-state index in [2.05, 4.69) is 46.1 Å². The van der Waals surface area contributed by atoms with Gasteiger partial charge in [0.05, 0.1) is 11.5 Å². The average molecular weight is 467 g/mol. The van der Waals surface area contributed by atoms with E-state index >= 15 is 0 Å². The Kier molecular flexibility index (Phi) is 16.2. The monoisotopic (exact) mass is 466 g/mol. The number of rotatable bonds is 19. The first-order valence-corrected chi connectivity index (χ1v) is 12.2. The number of hydrogen-bond acceptors (Lipinski definition) is 8. The van der Waals surface area contributed by atoms with E-state index in [1.54, 1.807) is 18.2 Å². The van der Waals surface area contributed by atoms with Crippen molar-refractivity contribution in [1.29, 1.82) is 0 Å². The Morgan fingerprint density at radius 2 is 2.00 bits per heavy atom. The average Bonchev–Trinajstić information content (AvgIpc) is 2.80. The lowest BCUT2D eigenvalue weighted by molar-refractivity contribution is -0.387. The number of amidine groups is 1. The van der Waals surface area contributed by atoms with Crippen LogP contribution in [0.4, 0.5) is 5.69 Å². The molecular weight excluding hydrogens is 428 g/mol. The lowest BCUT2D eigenvalue weighted by atomic mass is 10.1. The van der Waals surface area contributed by atoms with Gasteiger partial charge in [0, 0.05) is 12.1 Å². The summed E-state index contributed by atoms with van der Waals surface area (Å²) in [5.74, 6) is 0.398. The third kappa shape index (κ3) is 12.7. The molecule has 1 unspecified atom stereocenters. The van der Waals surface area contributed by atoms with E-state index in [-0.39, 0.29) is 12.2 Å². The Labute approximate surface area is 196 Å². The van der Waals surface area contributed by atoms with Crippen LogP contribution in [0.15, 0.2) is 39.3 Å². The van der Waals surface area contributed by atoms with Crippen molar-refractivity contribution in [3.63, 3.8) is 0 Å². The highest BCUT2D eigenvalue weighted by atomic mass is 32.2. The van der Waals surface area contributed by atoms with Gasteiger partial charge in [-0.15, -0.1) is 0 Å². The third-order valence-corrected chi connectivity index (χ3v) is 5.61. The summed E-state index contributed by atoms with van der Waals surface area (Å²) in [6.45, 7) is 11.8. The van der Waals surface area contributed by atoms with Gasteiger partial charge in [-0.2, -0.15) is 0 Å². The van der Waals surface area contributed by atoms with E-state index in [4.69, 9.17) is 4.84 Å². The molecule has 0 amide bonds. The summed E-state index contributed by atoms with van der Waals surface area (Å²) in [6, 6.07) is 7.19. The Morgan fingerprint density at radius 1 is 1.22 bits per heavy atom.